The number of aromatic nitrogens is 2. The van der Waals surface area contributed by atoms with Gasteiger partial charge in [0.15, 0.2) is 0 Å². The molecule has 144 valence electrons. The molecule has 1 aromatic heterocycles. The van der Waals surface area contributed by atoms with Crippen LogP contribution in [0, 0.1) is 0 Å². The number of halogens is 2. The van der Waals surface area contributed by atoms with E-state index in [2.05, 4.69) is 15.7 Å². The molecule has 0 saturated heterocycles. The van der Waals surface area contributed by atoms with E-state index in [1.807, 2.05) is 38.1 Å². The Kier molecular flexibility index (Phi) is 9.65. The topological polar surface area (TPSA) is 68.2 Å². The van der Waals surface area contributed by atoms with Crippen molar-refractivity contribution in [2.24, 2.45) is 0 Å². The van der Waals surface area contributed by atoms with Crippen molar-refractivity contribution in [3.8, 4) is 5.69 Å². The van der Waals surface area contributed by atoms with Crippen LogP contribution in [0.3, 0.4) is 0 Å². The maximum absolute atomic E-state index is 12.5. The van der Waals surface area contributed by atoms with Crippen molar-refractivity contribution in [2.45, 2.75) is 19.8 Å². The molecule has 8 heteroatoms. The molecule has 0 aliphatic carbocycles. The SMILES string of the molecule is COCCNCCNC(=O)c1cnn(-c2ccc(Cl)cc2)c1C(C)C.Cl. The minimum Gasteiger partial charge on any atom is -0.383 e. The van der Waals surface area contributed by atoms with Crippen LogP contribution in [0.15, 0.2) is 30.5 Å². The second-order valence-corrected chi connectivity index (χ2v) is 6.42. The van der Waals surface area contributed by atoms with Crippen LogP contribution in [0.25, 0.3) is 5.69 Å². The predicted octanol–water partition coefficient (Wildman–Crippen LogP) is 3.04. The zero-order valence-corrected chi connectivity index (χ0v) is 16.9. The summed E-state index contributed by atoms with van der Waals surface area (Å²) in [6.07, 6.45) is 1.62. The number of benzene rings is 1. The van der Waals surface area contributed by atoms with E-state index in [1.54, 1.807) is 18.0 Å². The van der Waals surface area contributed by atoms with Gasteiger partial charge in [-0.1, -0.05) is 25.4 Å². The van der Waals surface area contributed by atoms with Gasteiger partial charge in [-0.2, -0.15) is 5.10 Å². The molecule has 0 aliphatic heterocycles. The Hall–Kier alpha value is -1.60. The average Bonchev–Trinajstić information content (AvgIpc) is 3.04. The van der Waals surface area contributed by atoms with E-state index in [1.165, 1.54) is 0 Å². The fourth-order valence-corrected chi connectivity index (χ4v) is 2.66. The molecule has 0 radical (unpaired) electrons. The van der Waals surface area contributed by atoms with Crippen LogP contribution < -0.4 is 10.6 Å². The highest BCUT2D eigenvalue weighted by Crippen LogP contribution is 2.23. The number of nitrogens with zero attached hydrogens (tertiary/aromatic N) is 2. The molecular weight excluding hydrogens is 375 g/mol. The van der Waals surface area contributed by atoms with Crippen LogP contribution in [0.1, 0.15) is 35.8 Å². The van der Waals surface area contributed by atoms with Gasteiger partial charge in [-0.05, 0) is 30.2 Å². The first-order chi connectivity index (χ1) is 12.0. The Bertz CT molecular complexity index is 687. The minimum absolute atomic E-state index is 0. The lowest BCUT2D eigenvalue weighted by Gasteiger charge is -2.13. The van der Waals surface area contributed by atoms with Gasteiger partial charge in [0.2, 0.25) is 0 Å². The van der Waals surface area contributed by atoms with Gasteiger partial charge in [0.1, 0.15) is 0 Å². The summed E-state index contributed by atoms with van der Waals surface area (Å²) in [4.78, 5) is 12.5. The number of ether oxygens (including phenoxy) is 1. The maximum atomic E-state index is 12.5. The van der Waals surface area contributed by atoms with Crippen molar-refractivity contribution in [1.29, 1.82) is 0 Å². The molecule has 2 N–H and O–H groups in total. The van der Waals surface area contributed by atoms with Crippen molar-refractivity contribution in [2.75, 3.05) is 33.4 Å². The zero-order chi connectivity index (χ0) is 18.2. The van der Waals surface area contributed by atoms with E-state index in [-0.39, 0.29) is 24.2 Å². The van der Waals surface area contributed by atoms with Crippen LogP contribution >= 0.6 is 24.0 Å². The van der Waals surface area contributed by atoms with Gasteiger partial charge in [0.05, 0.1) is 29.7 Å². The van der Waals surface area contributed by atoms with E-state index in [9.17, 15) is 4.79 Å². The molecule has 0 spiro atoms. The molecule has 6 nitrogen and oxygen atoms in total. The number of amides is 1. The van der Waals surface area contributed by atoms with Crippen molar-refractivity contribution >= 4 is 29.9 Å². The molecule has 1 amide bonds. The molecule has 1 aromatic carbocycles. The lowest BCUT2D eigenvalue weighted by Crippen LogP contribution is -2.33. The number of carbonyl (C=O) groups is 1. The predicted molar refractivity (Wildman–Crippen MR) is 107 cm³/mol. The molecule has 0 atom stereocenters. The summed E-state index contributed by atoms with van der Waals surface area (Å²) in [6.45, 7) is 6.75. The highest BCUT2D eigenvalue weighted by molar-refractivity contribution is 6.30. The smallest absolute Gasteiger partial charge is 0.254 e. The summed E-state index contributed by atoms with van der Waals surface area (Å²) in [5.74, 6) is 0.0382. The third kappa shape index (κ3) is 5.99. The van der Waals surface area contributed by atoms with Crippen molar-refractivity contribution in [1.82, 2.24) is 20.4 Å². The number of hydrogen-bond donors (Lipinski definition) is 2. The fraction of sp³-hybridized carbons (Fsp3) is 0.444. The molecule has 0 fully saturated rings. The monoisotopic (exact) mass is 400 g/mol. The quantitative estimate of drug-likeness (QED) is 0.634. The third-order valence-electron chi connectivity index (χ3n) is 3.74. The number of methoxy groups -OCH3 is 1. The van der Waals surface area contributed by atoms with Gasteiger partial charge in [-0.3, -0.25) is 4.79 Å². The van der Waals surface area contributed by atoms with Gasteiger partial charge in [-0.25, -0.2) is 4.68 Å². The van der Waals surface area contributed by atoms with Gasteiger partial charge in [0.25, 0.3) is 5.91 Å². The van der Waals surface area contributed by atoms with Crippen molar-refractivity contribution in [3.63, 3.8) is 0 Å². The number of hydrogen-bond acceptors (Lipinski definition) is 4. The Labute approximate surface area is 165 Å². The van der Waals surface area contributed by atoms with Crippen LogP contribution in [0.2, 0.25) is 5.02 Å². The van der Waals surface area contributed by atoms with Gasteiger partial charge >= 0.3 is 0 Å². The van der Waals surface area contributed by atoms with Crippen LogP contribution in [-0.4, -0.2) is 49.0 Å². The highest BCUT2D eigenvalue weighted by atomic mass is 35.5. The van der Waals surface area contributed by atoms with E-state index in [0.29, 0.717) is 30.3 Å². The van der Waals surface area contributed by atoms with Crippen LogP contribution in [0.4, 0.5) is 0 Å². The largest absolute Gasteiger partial charge is 0.383 e. The van der Waals surface area contributed by atoms with E-state index in [4.69, 9.17) is 16.3 Å². The van der Waals surface area contributed by atoms with Crippen LogP contribution in [-0.2, 0) is 4.74 Å². The Balaban J connectivity index is 0.00000338. The lowest BCUT2D eigenvalue weighted by atomic mass is 10.1. The Morgan fingerprint density at radius 3 is 2.54 bits per heavy atom. The van der Waals surface area contributed by atoms with Gasteiger partial charge < -0.3 is 15.4 Å². The first kappa shape index (κ1) is 22.4. The van der Waals surface area contributed by atoms with E-state index < -0.39 is 0 Å². The molecular formula is C18H26Cl2N4O2. The van der Waals surface area contributed by atoms with Gasteiger partial charge in [0, 0.05) is 31.8 Å². The molecule has 0 aliphatic rings. The minimum atomic E-state index is -0.113. The van der Waals surface area contributed by atoms with Crippen LogP contribution in [0.5, 0.6) is 0 Å². The van der Waals surface area contributed by atoms with Crippen molar-refractivity contribution < 1.29 is 9.53 Å². The van der Waals surface area contributed by atoms with Crippen molar-refractivity contribution in [3.05, 3.63) is 46.7 Å². The fourth-order valence-electron chi connectivity index (χ4n) is 2.54. The standard InChI is InChI=1S/C18H25ClN4O2.ClH/c1-13(2)17-16(18(24)21-9-8-20-10-11-25-3)12-22-23(17)15-6-4-14(19)5-7-15;/h4-7,12-13,20H,8-11H2,1-3H3,(H,21,24);1H. The molecule has 26 heavy (non-hydrogen) atoms. The summed E-state index contributed by atoms with van der Waals surface area (Å²) in [7, 11) is 1.66. The van der Waals surface area contributed by atoms with E-state index >= 15 is 0 Å². The number of carbonyl (C=O) groups excluding carboxylic acids is 1. The highest BCUT2D eigenvalue weighted by Gasteiger charge is 2.20. The summed E-state index contributed by atoms with van der Waals surface area (Å²) in [6, 6.07) is 7.41. The second-order valence-electron chi connectivity index (χ2n) is 5.99. The number of rotatable bonds is 9. The summed E-state index contributed by atoms with van der Waals surface area (Å²) in [5, 5.41) is 11.2. The normalized spacial score (nSPS) is 10.7. The molecule has 0 bridgehead atoms. The first-order valence-electron chi connectivity index (χ1n) is 8.36. The maximum Gasteiger partial charge on any atom is 0.254 e. The average molecular weight is 401 g/mol. The molecule has 0 unspecified atom stereocenters. The van der Waals surface area contributed by atoms with Gasteiger partial charge in [-0.15, -0.1) is 12.4 Å². The molecule has 2 rings (SSSR count). The third-order valence-corrected chi connectivity index (χ3v) is 3.99. The summed E-state index contributed by atoms with van der Waals surface area (Å²) < 4.78 is 6.76. The molecule has 2 aromatic rings. The summed E-state index contributed by atoms with van der Waals surface area (Å²) in [5.41, 5.74) is 2.36. The molecule has 0 saturated carbocycles. The zero-order valence-electron chi connectivity index (χ0n) is 15.3. The lowest BCUT2D eigenvalue weighted by molar-refractivity contribution is 0.0952. The summed E-state index contributed by atoms with van der Waals surface area (Å²) >= 11 is 5.95. The second kappa shape index (κ2) is 11.2. The number of nitrogens with one attached hydrogen (secondary N) is 2. The van der Waals surface area contributed by atoms with E-state index in [0.717, 1.165) is 17.9 Å². The Morgan fingerprint density at radius 1 is 1.23 bits per heavy atom. The Morgan fingerprint density at radius 2 is 1.92 bits per heavy atom. The first-order valence-corrected chi connectivity index (χ1v) is 8.74. The molecule has 1 heterocycles.